The van der Waals surface area contributed by atoms with E-state index >= 15 is 0 Å². The SMILES string of the molecule is CCC(C)SCC(=O)Cc1ccn(C)n1. The summed E-state index contributed by atoms with van der Waals surface area (Å²) in [6.45, 7) is 4.29. The molecular weight excluding hydrogens is 208 g/mol. The number of Topliss-reactive ketones (excluding diaryl/α,β-unsaturated/α-hetero) is 1. The molecule has 1 unspecified atom stereocenters. The molecule has 0 saturated carbocycles. The van der Waals surface area contributed by atoms with Gasteiger partial charge in [0.15, 0.2) is 0 Å². The van der Waals surface area contributed by atoms with Gasteiger partial charge in [0.1, 0.15) is 5.78 Å². The molecule has 0 radical (unpaired) electrons. The van der Waals surface area contributed by atoms with Crippen molar-refractivity contribution in [1.82, 2.24) is 9.78 Å². The van der Waals surface area contributed by atoms with Crippen LogP contribution in [0.25, 0.3) is 0 Å². The molecule has 1 aromatic rings. The van der Waals surface area contributed by atoms with Crippen LogP contribution in [-0.4, -0.2) is 26.6 Å². The van der Waals surface area contributed by atoms with Gasteiger partial charge in [-0.3, -0.25) is 9.48 Å². The second-order valence-corrected chi connectivity index (χ2v) is 5.15. The predicted octanol–water partition coefficient (Wildman–Crippen LogP) is 2.06. The van der Waals surface area contributed by atoms with Crippen molar-refractivity contribution in [3.05, 3.63) is 18.0 Å². The third kappa shape index (κ3) is 4.51. The van der Waals surface area contributed by atoms with Crippen LogP contribution in [0.4, 0.5) is 0 Å². The molecule has 0 N–H and O–H groups in total. The third-order valence-electron chi connectivity index (χ3n) is 2.25. The fraction of sp³-hybridized carbons (Fsp3) is 0.636. The van der Waals surface area contributed by atoms with Crippen LogP contribution >= 0.6 is 11.8 Å². The number of ketones is 1. The molecule has 0 spiro atoms. The molecule has 0 amide bonds. The lowest BCUT2D eigenvalue weighted by Gasteiger charge is -2.06. The maximum absolute atomic E-state index is 11.6. The summed E-state index contributed by atoms with van der Waals surface area (Å²) in [6.07, 6.45) is 3.44. The Morgan fingerprint density at radius 3 is 2.93 bits per heavy atom. The molecule has 0 aliphatic rings. The average molecular weight is 226 g/mol. The van der Waals surface area contributed by atoms with Crippen molar-refractivity contribution in [2.75, 3.05) is 5.75 Å². The highest BCUT2D eigenvalue weighted by Crippen LogP contribution is 2.13. The van der Waals surface area contributed by atoms with E-state index in [1.807, 2.05) is 19.3 Å². The molecule has 1 aromatic heterocycles. The van der Waals surface area contributed by atoms with Gasteiger partial charge >= 0.3 is 0 Å². The smallest absolute Gasteiger partial charge is 0.148 e. The number of rotatable bonds is 6. The Labute approximate surface area is 95.2 Å². The lowest BCUT2D eigenvalue weighted by molar-refractivity contribution is -0.116. The minimum Gasteiger partial charge on any atom is -0.298 e. The van der Waals surface area contributed by atoms with Crippen molar-refractivity contribution >= 4 is 17.5 Å². The molecule has 0 aliphatic heterocycles. The maximum Gasteiger partial charge on any atom is 0.148 e. The molecule has 0 aromatic carbocycles. The fourth-order valence-electron chi connectivity index (χ4n) is 1.16. The van der Waals surface area contributed by atoms with Crippen molar-refractivity contribution in [3.8, 4) is 0 Å². The molecule has 1 rings (SSSR count). The number of hydrogen-bond donors (Lipinski definition) is 0. The van der Waals surface area contributed by atoms with Crippen LogP contribution in [0, 0.1) is 0 Å². The monoisotopic (exact) mass is 226 g/mol. The summed E-state index contributed by atoms with van der Waals surface area (Å²) >= 11 is 1.73. The van der Waals surface area contributed by atoms with Gasteiger partial charge in [0.2, 0.25) is 0 Å². The van der Waals surface area contributed by atoms with Gasteiger partial charge in [0.05, 0.1) is 17.9 Å². The Balaban J connectivity index is 2.30. The van der Waals surface area contributed by atoms with Gasteiger partial charge < -0.3 is 0 Å². The summed E-state index contributed by atoms with van der Waals surface area (Å²) in [7, 11) is 1.86. The highest BCUT2D eigenvalue weighted by Gasteiger charge is 2.08. The summed E-state index contributed by atoms with van der Waals surface area (Å²) in [5.41, 5.74) is 0.868. The highest BCUT2D eigenvalue weighted by molar-refractivity contribution is 8.00. The second kappa shape index (κ2) is 5.95. The zero-order valence-corrected chi connectivity index (χ0v) is 10.4. The fourth-order valence-corrected chi connectivity index (χ4v) is 1.97. The number of nitrogens with zero attached hydrogens (tertiary/aromatic N) is 2. The van der Waals surface area contributed by atoms with Gasteiger partial charge in [-0.1, -0.05) is 13.8 Å². The number of aromatic nitrogens is 2. The molecular formula is C11H18N2OS. The zero-order chi connectivity index (χ0) is 11.3. The Bertz CT molecular complexity index is 322. The van der Waals surface area contributed by atoms with Crippen molar-refractivity contribution < 1.29 is 4.79 Å². The van der Waals surface area contributed by atoms with Gasteiger partial charge in [0, 0.05) is 18.5 Å². The summed E-state index contributed by atoms with van der Waals surface area (Å²) in [5.74, 6) is 0.866. The summed E-state index contributed by atoms with van der Waals surface area (Å²) < 4.78 is 1.73. The number of thioether (sulfide) groups is 1. The minimum absolute atomic E-state index is 0.263. The van der Waals surface area contributed by atoms with E-state index in [4.69, 9.17) is 0 Å². The maximum atomic E-state index is 11.6. The standard InChI is InChI=1S/C11H18N2OS/c1-4-9(2)15-8-11(14)7-10-5-6-13(3)12-10/h5-6,9H,4,7-8H2,1-3H3. The first-order valence-corrected chi connectivity index (χ1v) is 6.28. The molecule has 0 fully saturated rings. The normalized spacial score (nSPS) is 12.7. The quantitative estimate of drug-likeness (QED) is 0.744. The van der Waals surface area contributed by atoms with E-state index in [1.165, 1.54) is 0 Å². The Kier molecular flexibility index (Phi) is 4.88. The first-order chi connectivity index (χ1) is 7.11. The molecule has 3 nitrogen and oxygen atoms in total. The van der Waals surface area contributed by atoms with Gasteiger partial charge in [-0.2, -0.15) is 16.9 Å². The van der Waals surface area contributed by atoms with Crippen LogP contribution in [0.5, 0.6) is 0 Å². The van der Waals surface area contributed by atoms with E-state index in [1.54, 1.807) is 16.4 Å². The first-order valence-electron chi connectivity index (χ1n) is 5.23. The highest BCUT2D eigenvalue weighted by atomic mass is 32.2. The largest absolute Gasteiger partial charge is 0.298 e. The molecule has 0 aliphatic carbocycles. The van der Waals surface area contributed by atoms with Crippen LogP contribution in [0.15, 0.2) is 12.3 Å². The molecule has 0 bridgehead atoms. The van der Waals surface area contributed by atoms with E-state index in [0.29, 0.717) is 17.4 Å². The van der Waals surface area contributed by atoms with Gasteiger partial charge in [-0.15, -0.1) is 0 Å². The third-order valence-corrected chi connectivity index (χ3v) is 3.64. The van der Waals surface area contributed by atoms with Crippen LogP contribution in [0.3, 0.4) is 0 Å². The minimum atomic E-state index is 0.263. The molecule has 4 heteroatoms. The topological polar surface area (TPSA) is 34.9 Å². The number of carbonyl (C=O) groups excluding carboxylic acids is 1. The Morgan fingerprint density at radius 1 is 1.67 bits per heavy atom. The molecule has 1 heterocycles. The van der Waals surface area contributed by atoms with Crippen molar-refractivity contribution in [1.29, 1.82) is 0 Å². The van der Waals surface area contributed by atoms with Crippen LogP contribution in [0.2, 0.25) is 0 Å². The number of aryl methyl sites for hydroxylation is 1. The Hall–Kier alpha value is -0.770. The Morgan fingerprint density at radius 2 is 2.40 bits per heavy atom. The van der Waals surface area contributed by atoms with Gasteiger partial charge in [-0.05, 0) is 12.5 Å². The van der Waals surface area contributed by atoms with Crippen molar-refractivity contribution in [3.63, 3.8) is 0 Å². The van der Waals surface area contributed by atoms with Gasteiger partial charge in [-0.25, -0.2) is 0 Å². The lowest BCUT2D eigenvalue weighted by Crippen LogP contribution is -2.09. The van der Waals surface area contributed by atoms with Crippen LogP contribution < -0.4 is 0 Å². The van der Waals surface area contributed by atoms with E-state index in [0.717, 1.165) is 12.1 Å². The van der Waals surface area contributed by atoms with E-state index in [9.17, 15) is 4.79 Å². The molecule has 1 atom stereocenters. The first kappa shape index (κ1) is 12.3. The molecule has 15 heavy (non-hydrogen) atoms. The summed E-state index contributed by atoms with van der Waals surface area (Å²) in [5, 5.41) is 4.75. The van der Waals surface area contributed by atoms with E-state index in [2.05, 4.69) is 18.9 Å². The van der Waals surface area contributed by atoms with E-state index < -0.39 is 0 Å². The lowest BCUT2D eigenvalue weighted by atomic mass is 10.2. The number of carbonyl (C=O) groups is 1. The zero-order valence-electron chi connectivity index (χ0n) is 9.56. The molecule has 84 valence electrons. The van der Waals surface area contributed by atoms with Gasteiger partial charge in [0.25, 0.3) is 0 Å². The van der Waals surface area contributed by atoms with Crippen molar-refractivity contribution in [2.24, 2.45) is 7.05 Å². The average Bonchev–Trinajstić information content (AvgIpc) is 2.60. The summed E-state index contributed by atoms with van der Waals surface area (Å²) in [4.78, 5) is 11.6. The van der Waals surface area contributed by atoms with Crippen LogP contribution in [0.1, 0.15) is 26.0 Å². The predicted molar refractivity (Wildman–Crippen MR) is 64.1 cm³/mol. The second-order valence-electron chi connectivity index (χ2n) is 3.73. The van der Waals surface area contributed by atoms with Crippen LogP contribution in [-0.2, 0) is 18.3 Å². The molecule has 0 saturated heterocycles. The number of hydrogen-bond acceptors (Lipinski definition) is 3. The van der Waals surface area contributed by atoms with E-state index in [-0.39, 0.29) is 5.78 Å². The van der Waals surface area contributed by atoms with Crippen molar-refractivity contribution in [2.45, 2.75) is 31.9 Å². The summed E-state index contributed by atoms with van der Waals surface area (Å²) in [6, 6.07) is 1.89.